The SMILES string of the molecule is Cc1nc(-c2ccc(Cl)cc2Cl)nc(NCCCNc2ccc(C#N)cn2)c1C. The molecule has 0 fully saturated rings. The zero-order chi connectivity index (χ0) is 20.8. The number of nitrogens with one attached hydrogen (secondary N) is 2. The topological polar surface area (TPSA) is 86.5 Å². The molecule has 8 heteroatoms. The molecular formula is C21H20Cl2N6. The number of nitriles is 1. The molecule has 148 valence electrons. The molecule has 2 N–H and O–H groups in total. The smallest absolute Gasteiger partial charge is 0.163 e. The minimum absolute atomic E-state index is 0.519. The molecular weight excluding hydrogens is 407 g/mol. The highest BCUT2D eigenvalue weighted by atomic mass is 35.5. The molecule has 0 unspecified atom stereocenters. The first-order chi connectivity index (χ1) is 14.0. The molecule has 0 saturated carbocycles. The first-order valence-corrected chi connectivity index (χ1v) is 9.88. The number of anilines is 2. The molecule has 3 aromatic rings. The van der Waals surface area contributed by atoms with Crippen molar-refractivity contribution in [3.05, 3.63) is 63.4 Å². The third-order valence-corrected chi connectivity index (χ3v) is 4.95. The molecule has 0 radical (unpaired) electrons. The number of halogens is 2. The molecule has 29 heavy (non-hydrogen) atoms. The van der Waals surface area contributed by atoms with Gasteiger partial charge in [0.1, 0.15) is 17.7 Å². The number of pyridine rings is 1. The van der Waals surface area contributed by atoms with Crippen LogP contribution in [0.4, 0.5) is 11.6 Å². The first kappa shape index (κ1) is 20.8. The third kappa shape index (κ3) is 5.35. The Balaban J connectivity index is 1.61. The van der Waals surface area contributed by atoms with Gasteiger partial charge in [-0.15, -0.1) is 0 Å². The fourth-order valence-electron chi connectivity index (χ4n) is 2.67. The van der Waals surface area contributed by atoms with Crippen molar-refractivity contribution in [2.24, 2.45) is 0 Å². The Bertz CT molecular complexity index is 1040. The van der Waals surface area contributed by atoms with Gasteiger partial charge in [-0.05, 0) is 50.6 Å². The van der Waals surface area contributed by atoms with E-state index in [0.717, 1.165) is 48.0 Å². The quantitative estimate of drug-likeness (QED) is 0.501. The Morgan fingerprint density at radius 2 is 1.83 bits per heavy atom. The lowest BCUT2D eigenvalue weighted by Gasteiger charge is -2.13. The fourth-order valence-corrected chi connectivity index (χ4v) is 3.16. The van der Waals surface area contributed by atoms with Gasteiger partial charge in [0.15, 0.2) is 5.82 Å². The normalized spacial score (nSPS) is 10.4. The number of benzene rings is 1. The second-order valence-corrected chi connectivity index (χ2v) is 7.33. The summed E-state index contributed by atoms with van der Waals surface area (Å²) in [7, 11) is 0. The lowest BCUT2D eigenvalue weighted by atomic mass is 10.2. The Hall–Kier alpha value is -2.88. The highest BCUT2D eigenvalue weighted by Gasteiger charge is 2.12. The lowest BCUT2D eigenvalue weighted by molar-refractivity contribution is 0.893. The number of rotatable bonds is 7. The molecule has 0 saturated heterocycles. The van der Waals surface area contributed by atoms with Crippen LogP contribution in [-0.4, -0.2) is 28.0 Å². The maximum Gasteiger partial charge on any atom is 0.163 e. The fraction of sp³-hybridized carbons (Fsp3) is 0.238. The summed E-state index contributed by atoms with van der Waals surface area (Å²) < 4.78 is 0. The standard InChI is InChI=1S/C21H20Cl2N6/c1-13-14(2)28-21(17-6-5-16(22)10-18(17)23)29-20(13)26-9-3-8-25-19-7-4-15(11-24)12-27-19/h4-7,10,12H,3,8-9H2,1-2H3,(H,25,27)(H,26,28,29). The Morgan fingerprint density at radius 3 is 2.52 bits per heavy atom. The summed E-state index contributed by atoms with van der Waals surface area (Å²) in [5.74, 6) is 2.10. The van der Waals surface area contributed by atoms with Crippen molar-refractivity contribution in [3.8, 4) is 17.5 Å². The van der Waals surface area contributed by atoms with Gasteiger partial charge >= 0.3 is 0 Å². The third-order valence-electron chi connectivity index (χ3n) is 4.41. The lowest BCUT2D eigenvalue weighted by Crippen LogP contribution is -2.12. The van der Waals surface area contributed by atoms with E-state index in [1.165, 1.54) is 0 Å². The van der Waals surface area contributed by atoms with Crippen molar-refractivity contribution < 1.29 is 0 Å². The van der Waals surface area contributed by atoms with E-state index in [1.54, 1.807) is 30.5 Å². The minimum Gasteiger partial charge on any atom is -0.370 e. The van der Waals surface area contributed by atoms with Gasteiger partial charge in [-0.1, -0.05) is 23.2 Å². The molecule has 6 nitrogen and oxygen atoms in total. The largest absolute Gasteiger partial charge is 0.370 e. The summed E-state index contributed by atoms with van der Waals surface area (Å²) in [6.45, 7) is 5.41. The van der Waals surface area contributed by atoms with Crippen LogP contribution in [0.5, 0.6) is 0 Å². The molecule has 0 aliphatic heterocycles. The summed E-state index contributed by atoms with van der Waals surface area (Å²) in [5.41, 5.74) is 3.18. The van der Waals surface area contributed by atoms with Gasteiger partial charge in [0.05, 0.1) is 10.6 Å². The number of aryl methyl sites for hydroxylation is 1. The van der Waals surface area contributed by atoms with Crippen LogP contribution in [0.3, 0.4) is 0 Å². The molecule has 2 heterocycles. The Labute approximate surface area is 179 Å². The van der Waals surface area contributed by atoms with E-state index in [9.17, 15) is 0 Å². The van der Waals surface area contributed by atoms with Crippen molar-refractivity contribution >= 4 is 34.8 Å². The number of aromatic nitrogens is 3. The predicted molar refractivity (Wildman–Crippen MR) is 118 cm³/mol. The molecule has 3 rings (SSSR count). The number of nitrogens with zero attached hydrogens (tertiary/aromatic N) is 4. The highest BCUT2D eigenvalue weighted by molar-refractivity contribution is 6.36. The Morgan fingerprint density at radius 1 is 1.03 bits per heavy atom. The predicted octanol–water partition coefficient (Wildman–Crippen LogP) is 5.25. The van der Waals surface area contributed by atoms with Crippen LogP contribution < -0.4 is 10.6 Å². The van der Waals surface area contributed by atoms with Crippen LogP contribution in [-0.2, 0) is 0 Å². The van der Waals surface area contributed by atoms with Gasteiger partial charge in [0.2, 0.25) is 0 Å². The summed E-state index contributed by atoms with van der Waals surface area (Å²) >= 11 is 12.3. The van der Waals surface area contributed by atoms with Gasteiger partial charge in [-0.25, -0.2) is 15.0 Å². The maximum absolute atomic E-state index is 8.80. The maximum atomic E-state index is 8.80. The molecule has 0 bridgehead atoms. The highest BCUT2D eigenvalue weighted by Crippen LogP contribution is 2.30. The van der Waals surface area contributed by atoms with E-state index in [2.05, 4.69) is 31.7 Å². The average molecular weight is 427 g/mol. The van der Waals surface area contributed by atoms with Crippen LogP contribution in [0.15, 0.2) is 36.5 Å². The van der Waals surface area contributed by atoms with Crippen LogP contribution in [0.25, 0.3) is 11.4 Å². The molecule has 2 aromatic heterocycles. The van der Waals surface area contributed by atoms with Crippen LogP contribution >= 0.6 is 23.2 Å². The number of hydrogen-bond acceptors (Lipinski definition) is 6. The molecule has 0 amide bonds. The molecule has 0 spiro atoms. The van der Waals surface area contributed by atoms with Crippen molar-refractivity contribution in [2.45, 2.75) is 20.3 Å². The van der Waals surface area contributed by atoms with E-state index in [1.807, 2.05) is 19.9 Å². The second kappa shape index (κ2) is 9.55. The molecule has 0 aliphatic rings. The van der Waals surface area contributed by atoms with E-state index in [4.69, 9.17) is 28.5 Å². The zero-order valence-corrected chi connectivity index (χ0v) is 17.6. The average Bonchev–Trinajstić information content (AvgIpc) is 2.71. The number of hydrogen-bond donors (Lipinski definition) is 2. The summed E-state index contributed by atoms with van der Waals surface area (Å²) in [6, 6.07) is 10.9. The Kier molecular flexibility index (Phi) is 6.86. The van der Waals surface area contributed by atoms with E-state index in [-0.39, 0.29) is 0 Å². The van der Waals surface area contributed by atoms with Gasteiger partial charge in [-0.2, -0.15) is 5.26 Å². The van der Waals surface area contributed by atoms with Crippen molar-refractivity contribution in [1.82, 2.24) is 15.0 Å². The first-order valence-electron chi connectivity index (χ1n) is 9.12. The van der Waals surface area contributed by atoms with Gasteiger partial charge in [-0.3, -0.25) is 0 Å². The summed E-state index contributed by atoms with van der Waals surface area (Å²) in [5, 5.41) is 16.5. The van der Waals surface area contributed by atoms with Crippen molar-refractivity contribution in [1.29, 1.82) is 5.26 Å². The van der Waals surface area contributed by atoms with E-state index >= 15 is 0 Å². The monoisotopic (exact) mass is 426 g/mol. The second-order valence-electron chi connectivity index (χ2n) is 6.48. The van der Waals surface area contributed by atoms with Crippen LogP contribution in [0, 0.1) is 25.2 Å². The van der Waals surface area contributed by atoms with E-state index < -0.39 is 0 Å². The van der Waals surface area contributed by atoms with Gasteiger partial charge < -0.3 is 10.6 Å². The molecule has 0 atom stereocenters. The van der Waals surface area contributed by atoms with Crippen LogP contribution in [0.2, 0.25) is 10.0 Å². The van der Waals surface area contributed by atoms with Gasteiger partial charge in [0.25, 0.3) is 0 Å². The van der Waals surface area contributed by atoms with Crippen molar-refractivity contribution in [2.75, 3.05) is 23.7 Å². The van der Waals surface area contributed by atoms with Gasteiger partial charge in [0, 0.05) is 41.1 Å². The van der Waals surface area contributed by atoms with E-state index in [0.29, 0.717) is 21.4 Å². The summed E-state index contributed by atoms with van der Waals surface area (Å²) in [6.07, 6.45) is 2.41. The zero-order valence-electron chi connectivity index (χ0n) is 16.1. The van der Waals surface area contributed by atoms with Crippen molar-refractivity contribution in [3.63, 3.8) is 0 Å². The van der Waals surface area contributed by atoms with Crippen LogP contribution in [0.1, 0.15) is 23.2 Å². The molecule has 1 aromatic carbocycles. The molecule has 0 aliphatic carbocycles. The minimum atomic E-state index is 0.519. The summed E-state index contributed by atoms with van der Waals surface area (Å²) in [4.78, 5) is 13.4.